The van der Waals surface area contributed by atoms with Crippen LogP contribution in [0.1, 0.15) is 50.7 Å². The van der Waals surface area contributed by atoms with Gasteiger partial charge in [-0.05, 0) is 31.2 Å². The third kappa shape index (κ3) is 5.79. The van der Waals surface area contributed by atoms with Gasteiger partial charge in [-0.1, -0.05) is 49.6 Å². The Morgan fingerprint density at radius 1 is 1.26 bits per heavy atom. The number of amides is 1. The number of carbonyl (C=O) groups excluding carboxylic acids is 1. The summed E-state index contributed by atoms with van der Waals surface area (Å²) in [7, 11) is 0. The van der Waals surface area contributed by atoms with Crippen molar-refractivity contribution in [1.29, 1.82) is 0 Å². The summed E-state index contributed by atoms with van der Waals surface area (Å²) in [6, 6.07) is 9.71. The lowest BCUT2D eigenvalue weighted by molar-refractivity contribution is -0.134. The predicted octanol–water partition coefficient (Wildman–Crippen LogP) is 3.21. The standard InChI is InChI=1S/C18H28N2O2.ClH/c1-2-22-17(15-11-7-4-8-12-15)18(21)20-16(13-19)14-9-5-3-6-10-14;/h4,7-8,11-12,14,16-17H,2-3,5-6,9-10,13,19H2,1H3,(H,20,21);1H. The molecule has 0 aromatic heterocycles. The molecule has 0 bridgehead atoms. The first-order chi connectivity index (χ1) is 10.8. The molecule has 5 heteroatoms. The highest BCUT2D eigenvalue weighted by Gasteiger charge is 2.28. The van der Waals surface area contributed by atoms with E-state index >= 15 is 0 Å². The van der Waals surface area contributed by atoms with Crippen LogP contribution in [0.2, 0.25) is 0 Å². The second kappa shape index (κ2) is 10.6. The number of nitrogens with one attached hydrogen (secondary N) is 1. The lowest BCUT2D eigenvalue weighted by Crippen LogP contribution is -2.47. The summed E-state index contributed by atoms with van der Waals surface area (Å²) in [5, 5.41) is 3.13. The zero-order chi connectivity index (χ0) is 15.8. The molecule has 2 unspecified atom stereocenters. The molecule has 1 amide bonds. The van der Waals surface area contributed by atoms with E-state index in [4.69, 9.17) is 10.5 Å². The number of rotatable bonds is 7. The van der Waals surface area contributed by atoms with Gasteiger partial charge in [0.15, 0.2) is 6.10 Å². The number of benzene rings is 1. The lowest BCUT2D eigenvalue weighted by atomic mass is 9.83. The fraction of sp³-hybridized carbons (Fsp3) is 0.611. The molecule has 4 nitrogen and oxygen atoms in total. The lowest BCUT2D eigenvalue weighted by Gasteiger charge is -2.31. The van der Waals surface area contributed by atoms with Gasteiger partial charge >= 0.3 is 0 Å². The smallest absolute Gasteiger partial charge is 0.254 e. The Morgan fingerprint density at radius 3 is 2.48 bits per heavy atom. The molecule has 1 saturated carbocycles. The maximum atomic E-state index is 12.7. The monoisotopic (exact) mass is 340 g/mol. The number of nitrogens with two attached hydrogens (primary N) is 1. The Balaban J connectivity index is 0.00000264. The first-order valence-electron chi connectivity index (χ1n) is 8.43. The number of halogens is 1. The summed E-state index contributed by atoms with van der Waals surface area (Å²) >= 11 is 0. The Hall–Kier alpha value is -1.10. The molecule has 2 atom stereocenters. The van der Waals surface area contributed by atoms with E-state index in [1.807, 2.05) is 37.3 Å². The van der Waals surface area contributed by atoms with Crippen LogP contribution >= 0.6 is 12.4 Å². The van der Waals surface area contributed by atoms with Gasteiger partial charge in [0.05, 0.1) is 0 Å². The molecular weight excluding hydrogens is 312 g/mol. The van der Waals surface area contributed by atoms with Gasteiger partial charge in [0.25, 0.3) is 5.91 Å². The van der Waals surface area contributed by atoms with E-state index in [-0.39, 0.29) is 24.4 Å². The zero-order valence-electron chi connectivity index (χ0n) is 13.9. The Bertz CT molecular complexity index is 450. The van der Waals surface area contributed by atoms with E-state index in [1.165, 1.54) is 19.3 Å². The summed E-state index contributed by atoms with van der Waals surface area (Å²) in [5.74, 6) is 0.426. The average molecular weight is 341 g/mol. The second-order valence-electron chi connectivity index (χ2n) is 5.99. The van der Waals surface area contributed by atoms with Crippen LogP contribution in [0.4, 0.5) is 0 Å². The van der Waals surface area contributed by atoms with Gasteiger partial charge in [0, 0.05) is 19.2 Å². The van der Waals surface area contributed by atoms with Crippen LogP contribution in [-0.4, -0.2) is 25.1 Å². The van der Waals surface area contributed by atoms with Gasteiger partial charge in [0.1, 0.15) is 0 Å². The summed E-state index contributed by atoms with van der Waals surface area (Å²) in [6.45, 7) is 2.90. The summed E-state index contributed by atoms with van der Waals surface area (Å²) < 4.78 is 5.67. The van der Waals surface area contributed by atoms with Crippen LogP contribution in [0.25, 0.3) is 0 Å². The van der Waals surface area contributed by atoms with Crippen LogP contribution in [0.3, 0.4) is 0 Å². The largest absolute Gasteiger partial charge is 0.364 e. The van der Waals surface area contributed by atoms with Crippen LogP contribution in [-0.2, 0) is 9.53 Å². The SMILES string of the molecule is CCOC(C(=O)NC(CN)C1CCCCC1)c1ccccc1.Cl. The molecule has 1 aliphatic rings. The molecule has 0 saturated heterocycles. The molecule has 0 radical (unpaired) electrons. The van der Waals surface area contributed by atoms with Crippen LogP contribution in [0, 0.1) is 5.92 Å². The van der Waals surface area contributed by atoms with Crippen LogP contribution in [0.15, 0.2) is 30.3 Å². The van der Waals surface area contributed by atoms with E-state index in [0.29, 0.717) is 19.1 Å². The summed E-state index contributed by atoms with van der Waals surface area (Å²) in [5.41, 5.74) is 6.80. The van der Waals surface area contributed by atoms with E-state index in [9.17, 15) is 4.79 Å². The van der Waals surface area contributed by atoms with Gasteiger partial charge in [-0.3, -0.25) is 4.79 Å². The number of ether oxygens (including phenoxy) is 1. The molecule has 3 N–H and O–H groups in total. The van der Waals surface area contributed by atoms with Crippen molar-refractivity contribution >= 4 is 18.3 Å². The van der Waals surface area contributed by atoms with Crippen molar-refractivity contribution in [3.05, 3.63) is 35.9 Å². The highest BCUT2D eigenvalue weighted by atomic mass is 35.5. The Morgan fingerprint density at radius 2 is 1.91 bits per heavy atom. The highest BCUT2D eigenvalue weighted by Crippen LogP contribution is 2.27. The number of hydrogen-bond donors (Lipinski definition) is 2. The molecule has 1 aliphatic carbocycles. The van der Waals surface area contributed by atoms with Crippen molar-refractivity contribution < 1.29 is 9.53 Å². The molecule has 23 heavy (non-hydrogen) atoms. The first-order valence-corrected chi connectivity index (χ1v) is 8.43. The van der Waals surface area contributed by atoms with Crippen molar-refractivity contribution in [3.8, 4) is 0 Å². The number of hydrogen-bond acceptors (Lipinski definition) is 3. The van der Waals surface area contributed by atoms with Crippen molar-refractivity contribution in [3.63, 3.8) is 0 Å². The third-order valence-corrected chi connectivity index (χ3v) is 4.47. The van der Waals surface area contributed by atoms with Crippen molar-refractivity contribution in [2.24, 2.45) is 11.7 Å². The molecule has 2 rings (SSSR count). The highest BCUT2D eigenvalue weighted by molar-refractivity contribution is 5.85. The van der Waals surface area contributed by atoms with E-state index < -0.39 is 6.10 Å². The molecular formula is C18H29ClN2O2. The van der Waals surface area contributed by atoms with Gasteiger partial charge in [0.2, 0.25) is 0 Å². The fourth-order valence-corrected chi connectivity index (χ4v) is 3.28. The minimum atomic E-state index is -0.552. The first kappa shape index (κ1) is 19.9. The Kier molecular flexibility index (Phi) is 9.22. The molecule has 0 heterocycles. The van der Waals surface area contributed by atoms with Crippen LogP contribution < -0.4 is 11.1 Å². The maximum Gasteiger partial charge on any atom is 0.254 e. The summed E-state index contributed by atoms with van der Waals surface area (Å²) in [6.07, 6.45) is 5.55. The minimum absolute atomic E-state index is 0. The normalized spacial score (nSPS) is 17.8. The number of carbonyl (C=O) groups is 1. The molecule has 130 valence electrons. The van der Waals surface area contributed by atoms with Gasteiger partial charge in [-0.2, -0.15) is 0 Å². The molecule has 1 aromatic carbocycles. The van der Waals surface area contributed by atoms with Crippen LogP contribution in [0.5, 0.6) is 0 Å². The topological polar surface area (TPSA) is 64.3 Å². The fourth-order valence-electron chi connectivity index (χ4n) is 3.28. The minimum Gasteiger partial charge on any atom is -0.364 e. The van der Waals surface area contributed by atoms with E-state index in [2.05, 4.69) is 5.32 Å². The second-order valence-corrected chi connectivity index (χ2v) is 5.99. The maximum absolute atomic E-state index is 12.7. The van der Waals surface area contributed by atoms with Gasteiger partial charge < -0.3 is 15.8 Å². The molecule has 1 aromatic rings. The van der Waals surface area contributed by atoms with Crippen molar-refractivity contribution in [1.82, 2.24) is 5.32 Å². The van der Waals surface area contributed by atoms with E-state index in [1.54, 1.807) is 0 Å². The Labute approximate surface area is 145 Å². The average Bonchev–Trinajstić information content (AvgIpc) is 2.59. The molecule has 0 aliphatic heterocycles. The predicted molar refractivity (Wildman–Crippen MR) is 95.6 cm³/mol. The van der Waals surface area contributed by atoms with Crippen molar-refractivity contribution in [2.45, 2.75) is 51.2 Å². The third-order valence-electron chi connectivity index (χ3n) is 4.47. The van der Waals surface area contributed by atoms with Gasteiger partial charge in [-0.25, -0.2) is 0 Å². The van der Waals surface area contributed by atoms with E-state index in [0.717, 1.165) is 18.4 Å². The quantitative estimate of drug-likeness (QED) is 0.801. The zero-order valence-corrected chi connectivity index (χ0v) is 14.7. The van der Waals surface area contributed by atoms with Gasteiger partial charge in [-0.15, -0.1) is 12.4 Å². The molecule has 1 fully saturated rings. The van der Waals surface area contributed by atoms with Crippen molar-refractivity contribution in [2.75, 3.05) is 13.2 Å². The summed E-state index contributed by atoms with van der Waals surface area (Å²) in [4.78, 5) is 12.7. The molecule has 0 spiro atoms.